The van der Waals surface area contributed by atoms with Crippen molar-refractivity contribution in [2.45, 2.75) is 57.6 Å². The first kappa shape index (κ1) is 31.3. The van der Waals surface area contributed by atoms with E-state index in [4.69, 9.17) is 23.2 Å². The number of hydrogen-bond acceptors (Lipinski definition) is 5. The van der Waals surface area contributed by atoms with Gasteiger partial charge in [-0.05, 0) is 49.2 Å². The molecule has 12 heteroatoms. The fourth-order valence-electron chi connectivity index (χ4n) is 5.16. The summed E-state index contributed by atoms with van der Waals surface area (Å²) in [6, 6.07) is 12.9. The quantitative estimate of drug-likeness (QED) is 0.308. The topological polar surface area (TPSA) is 115 Å². The van der Waals surface area contributed by atoms with Gasteiger partial charge in [0.25, 0.3) is 5.91 Å². The minimum absolute atomic E-state index is 0.0493. The molecule has 1 unspecified atom stereocenters. The Balaban J connectivity index is 1.37. The maximum atomic E-state index is 13.7. The van der Waals surface area contributed by atoms with E-state index in [2.05, 4.69) is 19.9 Å². The second-order valence-electron chi connectivity index (χ2n) is 11.4. The van der Waals surface area contributed by atoms with E-state index in [1.807, 2.05) is 58.9 Å². The number of benzene rings is 2. The number of carbonyl (C=O) groups is 2. The molecule has 0 spiro atoms. The van der Waals surface area contributed by atoms with Crippen molar-refractivity contribution in [2.24, 2.45) is 5.41 Å². The molecule has 3 aromatic rings. The van der Waals surface area contributed by atoms with E-state index in [-0.39, 0.29) is 45.4 Å². The highest BCUT2D eigenvalue weighted by Gasteiger charge is 2.46. The number of amides is 2. The van der Waals surface area contributed by atoms with Gasteiger partial charge in [-0.1, -0.05) is 69.1 Å². The Bertz CT molecular complexity index is 1500. The lowest BCUT2D eigenvalue weighted by Gasteiger charge is -2.52. The highest BCUT2D eigenvalue weighted by Crippen LogP contribution is 2.29. The summed E-state index contributed by atoms with van der Waals surface area (Å²) in [6.45, 7) is 11.5. The number of H-pyrrole nitrogens is 1. The van der Waals surface area contributed by atoms with E-state index in [0.29, 0.717) is 25.3 Å². The first-order chi connectivity index (χ1) is 19.2. The van der Waals surface area contributed by atoms with Gasteiger partial charge in [-0.15, -0.1) is 0 Å². The molecule has 2 heterocycles. The predicted molar refractivity (Wildman–Crippen MR) is 163 cm³/mol. The van der Waals surface area contributed by atoms with Gasteiger partial charge < -0.3 is 15.2 Å². The maximum absolute atomic E-state index is 13.7. The minimum atomic E-state index is -3.84. The average Bonchev–Trinajstić information content (AvgIpc) is 3.35. The Hall–Kier alpha value is -2.63. The Labute approximate surface area is 251 Å². The first-order valence-corrected chi connectivity index (χ1v) is 15.8. The monoisotopic (exact) mass is 621 g/mol. The molecule has 41 heavy (non-hydrogen) atoms. The molecule has 2 aromatic carbocycles. The van der Waals surface area contributed by atoms with Gasteiger partial charge in [-0.2, -0.15) is 0 Å². The van der Waals surface area contributed by atoms with Crippen LogP contribution < -0.4 is 10.0 Å². The lowest BCUT2D eigenvalue weighted by molar-refractivity contribution is -0.149. The number of aromatic amines is 1. The molecule has 0 bridgehead atoms. The van der Waals surface area contributed by atoms with E-state index in [1.54, 1.807) is 11.0 Å². The van der Waals surface area contributed by atoms with Crippen molar-refractivity contribution in [3.63, 3.8) is 0 Å². The average molecular weight is 623 g/mol. The molecule has 1 aromatic heterocycles. The Morgan fingerprint density at radius 3 is 2.49 bits per heavy atom. The lowest BCUT2D eigenvalue weighted by Crippen LogP contribution is -2.70. The Morgan fingerprint density at radius 1 is 1.15 bits per heavy atom. The summed E-state index contributed by atoms with van der Waals surface area (Å²) < 4.78 is 28.2. The molecule has 0 saturated carbocycles. The summed E-state index contributed by atoms with van der Waals surface area (Å²) >= 11 is 12.0. The van der Waals surface area contributed by atoms with Crippen molar-refractivity contribution in [1.82, 2.24) is 24.8 Å². The van der Waals surface area contributed by atoms with Gasteiger partial charge in [0.15, 0.2) is 0 Å². The fourth-order valence-corrected chi connectivity index (χ4v) is 6.94. The number of carbonyl (C=O) groups excluding carboxylic acids is 2. The number of sulfonamides is 1. The van der Waals surface area contributed by atoms with Gasteiger partial charge >= 0.3 is 0 Å². The largest absolute Gasteiger partial charge is 0.351 e. The second-order valence-corrected chi connectivity index (χ2v) is 14.0. The zero-order valence-electron chi connectivity index (χ0n) is 23.9. The van der Waals surface area contributed by atoms with Crippen LogP contribution in [0.15, 0.2) is 53.4 Å². The van der Waals surface area contributed by atoms with Crippen molar-refractivity contribution in [3.8, 4) is 0 Å². The SMILES string of the molecule is CCN(CCNS(=O)(=O)c1cc(Cl)ccc1Cl)[C@@H]1CN(C(=O)[C@@H](NC(=O)c2cc3ccccc3[nH]2)C(C)(C)C)C1C. The number of rotatable bonds is 10. The number of fused-ring (bicyclic) bond motifs is 1. The second kappa shape index (κ2) is 12.3. The highest BCUT2D eigenvalue weighted by atomic mass is 35.5. The van der Waals surface area contributed by atoms with Crippen molar-refractivity contribution >= 4 is 55.9 Å². The predicted octanol–water partition coefficient (Wildman–Crippen LogP) is 4.52. The van der Waals surface area contributed by atoms with Crippen LogP contribution in [0.25, 0.3) is 10.9 Å². The highest BCUT2D eigenvalue weighted by molar-refractivity contribution is 7.89. The molecule has 0 radical (unpaired) electrons. The molecule has 4 rings (SSSR count). The number of nitrogens with one attached hydrogen (secondary N) is 3. The summed E-state index contributed by atoms with van der Waals surface area (Å²) in [6.07, 6.45) is 0. The van der Waals surface area contributed by atoms with Crippen LogP contribution in [0.4, 0.5) is 0 Å². The Kier molecular flexibility index (Phi) is 9.40. The zero-order valence-corrected chi connectivity index (χ0v) is 26.2. The van der Waals surface area contributed by atoms with Gasteiger partial charge in [0.05, 0.1) is 5.02 Å². The number of hydrogen-bond donors (Lipinski definition) is 3. The standard InChI is InChI=1S/C29H37Cl2N5O4S/c1-6-35(14-13-32-41(39,40)25-16-20(30)11-12-21(25)31)24-17-36(18(24)2)28(38)26(29(3,4)5)34-27(37)23-15-19-9-7-8-10-22(19)33-23/h7-12,15-16,18,24,26,32-33H,6,13-14,17H2,1-5H3,(H,34,37)/t18?,24-,26-/m1/s1. The zero-order chi connectivity index (χ0) is 30.1. The first-order valence-electron chi connectivity index (χ1n) is 13.6. The lowest BCUT2D eigenvalue weighted by atomic mass is 9.83. The molecular weight excluding hydrogens is 585 g/mol. The summed E-state index contributed by atoms with van der Waals surface area (Å²) in [4.78, 5) is 33.9. The van der Waals surface area contributed by atoms with E-state index < -0.39 is 21.5 Å². The third kappa shape index (κ3) is 6.89. The summed E-state index contributed by atoms with van der Waals surface area (Å²) in [5.74, 6) is -0.473. The van der Waals surface area contributed by atoms with Crippen molar-refractivity contribution < 1.29 is 18.0 Å². The van der Waals surface area contributed by atoms with Crippen LogP contribution in [-0.2, 0) is 14.8 Å². The molecule has 1 aliphatic rings. The normalized spacial score (nSPS) is 18.4. The van der Waals surface area contributed by atoms with Crippen LogP contribution in [0, 0.1) is 5.41 Å². The number of aromatic nitrogens is 1. The molecule has 1 aliphatic heterocycles. The molecule has 3 N–H and O–H groups in total. The molecule has 1 saturated heterocycles. The smallest absolute Gasteiger partial charge is 0.268 e. The number of likely N-dealkylation sites (N-methyl/N-ethyl adjacent to an activating group) is 1. The van der Waals surface area contributed by atoms with Crippen LogP contribution in [0.5, 0.6) is 0 Å². The molecule has 2 amide bonds. The van der Waals surface area contributed by atoms with Gasteiger partial charge in [-0.3, -0.25) is 14.5 Å². The van der Waals surface area contributed by atoms with Crippen LogP contribution in [0.2, 0.25) is 10.0 Å². The molecule has 0 aliphatic carbocycles. The molecule has 1 fully saturated rings. The molecule has 9 nitrogen and oxygen atoms in total. The fraction of sp³-hybridized carbons (Fsp3) is 0.448. The number of nitrogens with zero attached hydrogens (tertiary/aromatic N) is 2. The van der Waals surface area contributed by atoms with Crippen molar-refractivity contribution in [3.05, 3.63) is 64.3 Å². The molecular formula is C29H37Cl2N5O4S. The van der Waals surface area contributed by atoms with Gasteiger partial charge in [0.2, 0.25) is 15.9 Å². The van der Waals surface area contributed by atoms with E-state index in [0.717, 1.165) is 10.9 Å². The Morgan fingerprint density at radius 2 is 1.85 bits per heavy atom. The van der Waals surface area contributed by atoms with Gasteiger partial charge in [0.1, 0.15) is 16.6 Å². The van der Waals surface area contributed by atoms with Crippen LogP contribution >= 0.6 is 23.2 Å². The molecule has 222 valence electrons. The number of halogens is 2. The maximum Gasteiger partial charge on any atom is 0.268 e. The summed E-state index contributed by atoms with van der Waals surface area (Å²) in [7, 11) is -3.84. The van der Waals surface area contributed by atoms with Gasteiger partial charge in [0, 0.05) is 47.6 Å². The van der Waals surface area contributed by atoms with E-state index in [1.165, 1.54) is 18.2 Å². The van der Waals surface area contributed by atoms with Crippen LogP contribution in [0.1, 0.15) is 45.1 Å². The molecule has 3 atom stereocenters. The van der Waals surface area contributed by atoms with Crippen molar-refractivity contribution in [1.29, 1.82) is 0 Å². The third-order valence-electron chi connectivity index (χ3n) is 7.63. The van der Waals surface area contributed by atoms with Crippen LogP contribution in [-0.4, -0.2) is 79.3 Å². The minimum Gasteiger partial charge on any atom is -0.351 e. The number of para-hydroxylation sites is 1. The van der Waals surface area contributed by atoms with Crippen molar-refractivity contribution in [2.75, 3.05) is 26.2 Å². The summed E-state index contributed by atoms with van der Waals surface area (Å²) in [5.41, 5.74) is 0.739. The summed E-state index contributed by atoms with van der Waals surface area (Å²) in [5, 5.41) is 4.27. The third-order valence-corrected chi connectivity index (χ3v) is 9.81. The van der Waals surface area contributed by atoms with Crippen LogP contribution in [0.3, 0.4) is 0 Å². The van der Waals surface area contributed by atoms with Gasteiger partial charge in [-0.25, -0.2) is 13.1 Å². The van der Waals surface area contributed by atoms with E-state index >= 15 is 0 Å². The van der Waals surface area contributed by atoms with E-state index in [9.17, 15) is 18.0 Å². The number of likely N-dealkylation sites (tertiary alicyclic amines) is 1.